The molecule has 5 nitrogen and oxygen atoms in total. The summed E-state index contributed by atoms with van der Waals surface area (Å²) in [5, 5.41) is 13.0. The Morgan fingerprint density at radius 2 is 2.17 bits per heavy atom. The lowest BCUT2D eigenvalue weighted by Gasteiger charge is -2.02. The normalized spacial score (nSPS) is 11.1. The summed E-state index contributed by atoms with van der Waals surface area (Å²) >= 11 is 1.48. The number of nitrogens with one attached hydrogen (secondary N) is 1. The first-order chi connectivity index (χ1) is 11.0. The Hall–Kier alpha value is -2.65. The minimum Gasteiger partial charge on any atom is -0.462 e. The molecule has 0 saturated heterocycles. The van der Waals surface area contributed by atoms with Gasteiger partial charge in [0.05, 0.1) is 17.9 Å². The molecule has 118 valence electrons. The third kappa shape index (κ3) is 3.41. The number of hydrogen-bond donors (Lipinski definition) is 1. The molecule has 1 N–H and O–H groups in total. The number of aromatic nitrogens is 1. The highest BCUT2D eigenvalue weighted by atomic mass is 32.1. The molecule has 23 heavy (non-hydrogen) atoms. The lowest BCUT2D eigenvalue weighted by Crippen LogP contribution is -2.08. The number of aryl methyl sites for hydroxylation is 1. The fourth-order valence-electron chi connectivity index (χ4n) is 2.29. The summed E-state index contributed by atoms with van der Waals surface area (Å²) in [6.07, 6.45) is 1.54. The smallest absolute Gasteiger partial charge is 0.340 e. The van der Waals surface area contributed by atoms with Gasteiger partial charge in [-0.05, 0) is 54.8 Å². The second kappa shape index (κ2) is 7.07. The molecule has 2 heterocycles. The number of H-pyrrole nitrogens is 1. The zero-order valence-corrected chi connectivity index (χ0v) is 13.9. The Morgan fingerprint density at radius 1 is 1.43 bits per heavy atom. The molecule has 2 aromatic rings. The number of ether oxygens (including phenoxy) is 1. The number of nitrogens with zero attached hydrogens (tertiary/aromatic N) is 1. The zero-order chi connectivity index (χ0) is 17.0. The van der Waals surface area contributed by atoms with Crippen LogP contribution in [0, 0.1) is 25.2 Å². The van der Waals surface area contributed by atoms with Crippen LogP contribution in [0.5, 0.6) is 0 Å². The van der Waals surface area contributed by atoms with E-state index in [0.717, 1.165) is 5.56 Å². The number of hydrogen-bond acceptors (Lipinski definition) is 5. The van der Waals surface area contributed by atoms with E-state index in [1.54, 1.807) is 26.8 Å². The molecule has 0 aliphatic carbocycles. The van der Waals surface area contributed by atoms with Crippen molar-refractivity contribution >= 4 is 29.2 Å². The Bertz CT molecular complexity index is 808. The summed E-state index contributed by atoms with van der Waals surface area (Å²) < 4.78 is 5.01. The van der Waals surface area contributed by atoms with Crippen molar-refractivity contribution in [2.24, 2.45) is 0 Å². The first-order valence-corrected chi connectivity index (χ1v) is 7.98. The maximum atomic E-state index is 12.6. The molecule has 0 aliphatic heterocycles. The number of aromatic amines is 1. The van der Waals surface area contributed by atoms with E-state index in [2.05, 4.69) is 4.98 Å². The third-order valence-electron chi connectivity index (χ3n) is 3.36. The van der Waals surface area contributed by atoms with E-state index in [4.69, 9.17) is 4.74 Å². The van der Waals surface area contributed by atoms with Crippen LogP contribution in [0.15, 0.2) is 22.4 Å². The molecule has 0 spiro atoms. The molecule has 2 rings (SSSR count). The average Bonchev–Trinajstić information content (AvgIpc) is 3.12. The molecule has 0 fully saturated rings. The molecule has 2 aromatic heterocycles. The summed E-state index contributed by atoms with van der Waals surface area (Å²) in [5.74, 6) is -0.909. The van der Waals surface area contributed by atoms with Gasteiger partial charge in [0, 0.05) is 5.69 Å². The van der Waals surface area contributed by atoms with Crippen molar-refractivity contribution in [2.75, 3.05) is 6.61 Å². The number of ketones is 1. The lowest BCUT2D eigenvalue weighted by atomic mass is 10.0. The zero-order valence-electron chi connectivity index (χ0n) is 13.1. The predicted molar refractivity (Wildman–Crippen MR) is 88.5 cm³/mol. The van der Waals surface area contributed by atoms with Crippen LogP contribution >= 0.6 is 11.3 Å². The summed E-state index contributed by atoms with van der Waals surface area (Å²) in [7, 11) is 0. The highest BCUT2D eigenvalue weighted by Gasteiger charge is 2.24. The topological polar surface area (TPSA) is 83.0 Å². The lowest BCUT2D eigenvalue weighted by molar-refractivity contribution is 0.0525. The minimum absolute atomic E-state index is 0.0168. The van der Waals surface area contributed by atoms with Gasteiger partial charge in [-0.25, -0.2) is 4.79 Å². The van der Waals surface area contributed by atoms with E-state index in [1.807, 2.05) is 22.9 Å². The van der Waals surface area contributed by atoms with Crippen LogP contribution in [0.3, 0.4) is 0 Å². The van der Waals surface area contributed by atoms with Gasteiger partial charge in [-0.15, -0.1) is 0 Å². The minimum atomic E-state index is -0.474. The first kappa shape index (κ1) is 16.7. The van der Waals surface area contributed by atoms with Crippen LogP contribution < -0.4 is 0 Å². The fraction of sp³-hybridized carbons (Fsp3) is 0.235. The fourth-order valence-corrected chi connectivity index (χ4v) is 2.91. The summed E-state index contributed by atoms with van der Waals surface area (Å²) in [6.45, 7) is 5.35. The van der Waals surface area contributed by atoms with Crippen molar-refractivity contribution in [3.63, 3.8) is 0 Å². The quantitative estimate of drug-likeness (QED) is 0.393. The molecule has 0 unspecified atom stereocenters. The molecular formula is C17H16N2O3S. The van der Waals surface area contributed by atoms with Crippen LogP contribution in [0.1, 0.15) is 44.6 Å². The number of Topliss-reactive ketones (excluding diaryl/α,β-unsaturated/α-hetero) is 1. The number of carbonyl (C=O) groups is 2. The molecular weight excluding hydrogens is 312 g/mol. The van der Waals surface area contributed by atoms with Gasteiger partial charge in [0.25, 0.3) is 0 Å². The van der Waals surface area contributed by atoms with Crippen LogP contribution in [0.25, 0.3) is 6.08 Å². The van der Waals surface area contributed by atoms with Crippen molar-refractivity contribution in [3.05, 3.63) is 50.5 Å². The highest BCUT2D eigenvalue weighted by molar-refractivity contribution is 7.08. The van der Waals surface area contributed by atoms with Gasteiger partial charge in [-0.1, -0.05) is 0 Å². The molecule has 0 bridgehead atoms. The molecule has 0 saturated carbocycles. The van der Waals surface area contributed by atoms with Gasteiger partial charge in [-0.3, -0.25) is 4.79 Å². The monoisotopic (exact) mass is 328 g/mol. The van der Waals surface area contributed by atoms with Crippen molar-refractivity contribution in [1.82, 2.24) is 4.98 Å². The number of thiophene rings is 1. The molecule has 0 amide bonds. The second-order valence-electron chi connectivity index (χ2n) is 4.90. The first-order valence-electron chi connectivity index (χ1n) is 7.04. The van der Waals surface area contributed by atoms with Gasteiger partial charge in [0.15, 0.2) is 0 Å². The van der Waals surface area contributed by atoms with Gasteiger partial charge >= 0.3 is 5.97 Å². The Labute approximate surface area is 138 Å². The largest absolute Gasteiger partial charge is 0.462 e. The van der Waals surface area contributed by atoms with Crippen LogP contribution in [-0.2, 0) is 4.74 Å². The van der Waals surface area contributed by atoms with E-state index in [0.29, 0.717) is 16.8 Å². The SMILES string of the molecule is CCOC(=O)c1c(C)[nH]c(C(=O)/C(C#N)=C/c2ccsc2)c1C. The van der Waals surface area contributed by atoms with Crippen molar-refractivity contribution in [2.45, 2.75) is 20.8 Å². The summed E-state index contributed by atoms with van der Waals surface area (Å²) in [5.41, 5.74) is 2.46. The standard InChI is InChI=1S/C17H16N2O3S/c1-4-22-17(21)14-10(2)15(19-11(14)3)16(20)13(8-18)7-12-5-6-23-9-12/h5-7,9,19H,4H2,1-3H3/b13-7+. The average molecular weight is 328 g/mol. The number of rotatable bonds is 5. The Kier molecular flexibility index (Phi) is 5.14. The van der Waals surface area contributed by atoms with E-state index in [-0.39, 0.29) is 17.9 Å². The Morgan fingerprint density at radius 3 is 2.74 bits per heavy atom. The van der Waals surface area contributed by atoms with Crippen molar-refractivity contribution < 1.29 is 14.3 Å². The number of esters is 1. The van der Waals surface area contributed by atoms with Gasteiger partial charge in [0.1, 0.15) is 11.6 Å². The predicted octanol–water partition coefficient (Wildman–Crippen LogP) is 3.66. The molecule has 6 heteroatoms. The number of carbonyl (C=O) groups excluding carboxylic acids is 2. The maximum absolute atomic E-state index is 12.6. The maximum Gasteiger partial charge on any atom is 0.340 e. The van der Waals surface area contributed by atoms with Gasteiger partial charge in [0.2, 0.25) is 5.78 Å². The van der Waals surface area contributed by atoms with Gasteiger partial charge in [-0.2, -0.15) is 16.6 Å². The summed E-state index contributed by atoms with van der Waals surface area (Å²) in [6, 6.07) is 3.75. The van der Waals surface area contributed by atoms with Crippen LogP contribution in [-0.4, -0.2) is 23.3 Å². The van der Waals surface area contributed by atoms with Crippen molar-refractivity contribution in [1.29, 1.82) is 5.26 Å². The number of nitriles is 1. The Balaban J connectivity index is 2.42. The van der Waals surface area contributed by atoms with Gasteiger partial charge < -0.3 is 9.72 Å². The van der Waals surface area contributed by atoms with E-state index in [1.165, 1.54) is 11.3 Å². The van der Waals surface area contributed by atoms with E-state index in [9.17, 15) is 14.9 Å². The number of allylic oxidation sites excluding steroid dienone is 1. The highest BCUT2D eigenvalue weighted by Crippen LogP contribution is 2.22. The molecule has 0 aliphatic rings. The van der Waals surface area contributed by atoms with E-state index >= 15 is 0 Å². The third-order valence-corrected chi connectivity index (χ3v) is 4.06. The van der Waals surface area contributed by atoms with Crippen molar-refractivity contribution in [3.8, 4) is 6.07 Å². The summed E-state index contributed by atoms with van der Waals surface area (Å²) in [4.78, 5) is 27.5. The van der Waals surface area contributed by atoms with Crippen LogP contribution in [0.2, 0.25) is 0 Å². The molecule has 0 aromatic carbocycles. The molecule has 0 radical (unpaired) electrons. The molecule has 0 atom stereocenters. The van der Waals surface area contributed by atoms with Crippen LogP contribution in [0.4, 0.5) is 0 Å². The second-order valence-corrected chi connectivity index (χ2v) is 5.68. The van der Waals surface area contributed by atoms with E-state index < -0.39 is 11.8 Å².